The summed E-state index contributed by atoms with van der Waals surface area (Å²) >= 11 is 0. The fraction of sp³-hybridized carbons (Fsp3) is 0.257. The topological polar surface area (TPSA) is 95.1 Å². The van der Waals surface area contributed by atoms with E-state index < -0.39 is 0 Å². The van der Waals surface area contributed by atoms with E-state index in [-0.39, 0.29) is 11.8 Å². The first-order valence-corrected chi connectivity index (χ1v) is 14.5. The van der Waals surface area contributed by atoms with Crippen molar-refractivity contribution in [1.29, 1.82) is 0 Å². The summed E-state index contributed by atoms with van der Waals surface area (Å²) < 4.78 is 22.1. The van der Waals surface area contributed by atoms with Gasteiger partial charge in [0.1, 0.15) is 24.7 Å². The van der Waals surface area contributed by atoms with E-state index in [2.05, 4.69) is 10.6 Å². The van der Waals surface area contributed by atoms with Gasteiger partial charge < -0.3 is 29.6 Å². The first kappa shape index (κ1) is 31.3. The van der Waals surface area contributed by atoms with E-state index in [9.17, 15) is 9.59 Å². The van der Waals surface area contributed by atoms with Gasteiger partial charge in [-0.1, -0.05) is 48.5 Å². The van der Waals surface area contributed by atoms with E-state index in [1.54, 1.807) is 24.3 Å². The lowest BCUT2D eigenvalue weighted by Crippen LogP contribution is -2.15. The Balaban J connectivity index is 1.30. The number of carbonyl (C=O) groups is 2. The van der Waals surface area contributed by atoms with Crippen LogP contribution in [0.15, 0.2) is 97.1 Å². The van der Waals surface area contributed by atoms with E-state index in [4.69, 9.17) is 18.9 Å². The van der Waals surface area contributed by atoms with Gasteiger partial charge in [0.05, 0.1) is 24.3 Å². The third kappa shape index (κ3) is 9.70. The molecule has 0 heterocycles. The molecule has 2 N–H and O–H groups in total. The summed E-state index contributed by atoms with van der Waals surface area (Å²) in [6.45, 7) is 6.76. The molecule has 8 heteroatoms. The average molecular weight is 583 g/mol. The molecule has 0 aliphatic carbocycles. The number of ether oxygens (including phenoxy) is 4. The monoisotopic (exact) mass is 582 g/mol. The van der Waals surface area contributed by atoms with Gasteiger partial charge in [0.2, 0.25) is 0 Å². The SMILES string of the molecule is CCOCCOc1ccccc1C(=O)Nc1ccc(Cc2ccc(NC(=O)c3ccccc3OCCOCC)cc2)cc1. The maximum absolute atomic E-state index is 12.9. The smallest absolute Gasteiger partial charge is 0.259 e. The molecule has 4 rings (SSSR count). The molecule has 0 aliphatic heterocycles. The molecule has 0 fully saturated rings. The van der Waals surface area contributed by atoms with Gasteiger partial charge >= 0.3 is 0 Å². The van der Waals surface area contributed by atoms with Crippen molar-refractivity contribution in [3.8, 4) is 11.5 Å². The van der Waals surface area contributed by atoms with Crippen LogP contribution >= 0.6 is 0 Å². The maximum Gasteiger partial charge on any atom is 0.259 e. The Morgan fingerprint density at radius 1 is 0.535 bits per heavy atom. The van der Waals surface area contributed by atoms with Gasteiger partial charge in [-0.15, -0.1) is 0 Å². The van der Waals surface area contributed by atoms with Crippen LogP contribution < -0.4 is 20.1 Å². The zero-order valence-corrected chi connectivity index (χ0v) is 24.6. The molecule has 0 saturated carbocycles. The molecule has 0 spiro atoms. The average Bonchev–Trinajstić information content (AvgIpc) is 3.03. The number of rotatable bonds is 16. The van der Waals surface area contributed by atoms with Crippen LogP contribution in [0.4, 0.5) is 11.4 Å². The minimum absolute atomic E-state index is 0.239. The van der Waals surface area contributed by atoms with Crippen molar-refractivity contribution in [2.75, 3.05) is 50.3 Å². The number of anilines is 2. The van der Waals surface area contributed by atoms with Crippen LogP contribution in [0.5, 0.6) is 11.5 Å². The second-order valence-corrected chi connectivity index (χ2v) is 9.56. The van der Waals surface area contributed by atoms with E-state index in [1.807, 2.05) is 86.6 Å². The Morgan fingerprint density at radius 3 is 1.33 bits per heavy atom. The summed E-state index contributed by atoms with van der Waals surface area (Å²) in [4.78, 5) is 25.8. The summed E-state index contributed by atoms with van der Waals surface area (Å²) in [5, 5.41) is 5.89. The van der Waals surface area contributed by atoms with Crippen molar-refractivity contribution in [1.82, 2.24) is 0 Å². The van der Waals surface area contributed by atoms with Gasteiger partial charge in [-0.2, -0.15) is 0 Å². The van der Waals surface area contributed by atoms with Gasteiger partial charge in [-0.25, -0.2) is 0 Å². The molecule has 0 radical (unpaired) electrons. The van der Waals surface area contributed by atoms with Crippen LogP contribution in [0.2, 0.25) is 0 Å². The van der Waals surface area contributed by atoms with Crippen molar-refractivity contribution in [2.24, 2.45) is 0 Å². The largest absolute Gasteiger partial charge is 0.490 e. The third-order valence-electron chi connectivity index (χ3n) is 6.47. The quantitative estimate of drug-likeness (QED) is 0.144. The Labute approximate surface area is 252 Å². The number of nitrogens with one attached hydrogen (secondary N) is 2. The molecule has 2 amide bonds. The van der Waals surface area contributed by atoms with Crippen molar-refractivity contribution in [2.45, 2.75) is 20.3 Å². The zero-order chi connectivity index (χ0) is 30.3. The van der Waals surface area contributed by atoms with Gasteiger partial charge in [0.25, 0.3) is 11.8 Å². The zero-order valence-electron chi connectivity index (χ0n) is 24.6. The predicted octanol–water partition coefficient (Wildman–Crippen LogP) is 6.61. The second kappa shape index (κ2) is 16.7. The molecule has 0 atom stereocenters. The molecule has 0 saturated heterocycles. The van der Waals surface area contributed by atoms with Crippen LogP contribution in [0.3, 0.4) is 0 Å². The van der Waals surface area contributed by atoms with Crippen LogP contribution in [-0.4, -0.2) is 51.5 Å². The van der Waals surface area contributed by atoms with Crippen LogP contribution in [0.1, 0.15) is 45.7 Å². The van der Waals surface area contributed by atoms with E-state index in [1.165, 1.54) is 0 Å². The number of hydrogen-bond donors (Lipinski definition) is 2. The van der Waals surface area contributed by atoms with Crippen LogP contribution in [-0.2, 0) is 15.9 Å². The second-order valence-electron chi connectivity index (χ2n) is 9.56. The van der Waals surface area contributed by atoms with E-state index >= 15 is 0 Å². The normalized spacial score (nSPS) is 10.7. The molecule has 0 aromatic heterocycles. The minimum Gasteiger partial charge on any atom is -0.490 e. The highest BCUT2D eigenvalue weighted by Gasteiger charge is 2.14. The molecule has 0 bridgehead atoms. The maximum atomic E-state index is 12.9. The van der Waals surface area contributed by atoms with E-state index in [0.717, 1.165) is 11.1 Å². The Kier molecular flexibility index (Phi) is 12.1. The van der Waals surface area contributed by atoms with Crippen molar-refractivity contribution in [3.05, 3.63) is 119 Å². The van der Waals surface area contributed by atoms with Crippen molar-refractivity contribution in [3.63, 3.8) is 0 Å². The molecular weight excluding hydrogens is 544 g/mol. The minimum atomic E-state index is -0.239. The number of hydrogen-bond acceptors (Lipinski definition) is 6. The highest BCUT2D eigenvalue weighted by molar-refractivity contribution is 6.06. The third-order valence-corrected chi connectivity index (χ3v) is 6.47. The van der Waals surface area contributed by atoms with Crippen LogP contribution in [0.25, 0.3) is 0 Å². The van der Waals surface area contributed by atoms with Crippen molar-refractivity contribution >= 4 is 23.2 Å². The predicted molar refractivity (Wildman–Crippen MR) is 168 cm³/mol. The summed E-state index contributed by atoms with van der Waals surface area (Å²) in [6, 6.07) is 29.8. The lowest BCUT2D eigenvalue weighted by Gasteiger charge is -2.12. The summed E-state index contributed by atoms with van der Waals surface area (Å²) in [5.74, 6) is 0.561. The van der Waals surface area contributed by atoms with E-state index in [0.29, 0.717) is 80.1 Å². The van der Waals surface area contributed by atoms with Gasteiger partial charge in [0.15, 0.2) is 0 Å². The highest BCUT2D eigenvalue weighted by Crippen LogP contribution is 2.22. The summed E-state index contributed by atoms with van der Waals surface area (Å²) in [6.07, 6.45) is 0.704. The number of benzene rings is 4. The fourth-order valence-electron chi connectivity index (χ4n) is 4.31. The first-order valence-electron chi connectivity index (χ1n) is 14.5. The fourth-order valence-corrected chi connectivity index (χ4v) is 4.31. The van der Waals surface area contributed by atoms with Gasteiger partial charge in [0, 0.05) is 24.6 Å². The Morgan fingerprint density at radius 2 is 0.930 bits per heavy atom. The van der Waals surface area contributed by atoms with Gasteiger partial charge in [-0.05, 0) is 79.9 Å². The number of carbonyl (C=O) groups excluding carboxylic acids is 2. The molecular formula is C35H38N2O6. The number of amides is 2. The standard InChI is InChI=1S/C35H38N2O6/c1-3-40-21-23-42-32-11-7-5-9-30(32)34(38)36-28-17-13-26(14-18-28)25-27-15-19-29(20-16-27)37-35(39)31-10-6-8-12-33(31)43-24-22-41-4-2/h5-20H,3-4,21-25H2,1-2H3,(H,36,38)(H,37,39). The Bertz CT molecular complexity index is 1340. The lowest BCUT2D eigenvalue weighted by molar-refractivity contribution is 0.0992. The molecule has 43 heavy (non-hydrogen) atoms. The highest BCUT2D eigenvalue weighted by atomic mass is 16.5. The first-order chi connectivity index (χ1) is 21.1. The molecule has 8 nitrogen and oxygen atoms in total. The number of para-hydroxylation sites is 2. The van der Waals surface area contributed by atoms with Gasteiger partial charge in [-0.3, -0.25) is 9.59 Å². The van der Waals surface area contributed by atoms with Crippen molar-refractivity contribution < 1.29 is 28.5 Å². The Hall–Kier alpha value is -4.66. The summed E-state index contributed by atoms with van der Waals surface area (Å²) in [5.41, 5.74) is 4.50. The lowest BCUT2D eigenvalue weighted by atomic mass is 10.0. The van der Waals surface area contributed by atoms with Crippen LogP contribution in [0, 0.1) is 0 Å². The molecule has 0 unspecified atom stereocenters. The summed E-state index contributed by atoms with van der Waals surface area (Å²) in [7, 11) is 0. The molecule has 224 valence electrons. The molecule has 0 aliphatic rings. The molecule has 4 aromatic carbocycles. The molecule has 4 aromatic rings.